The second-order valence-electron chi connectivity index (χ2n) is 11.3. The Labute approximate surface area is 252 Å². The maximum atomic E-state index is 13.0. The molecule has 0 aliphatic heterocycles. The summed E-state index contributed by atoms with van der Waals surface area (Å²) in [6.07, 6.45) is 2.14. The third kappa shape index (κ3) is 6.29. The number of alkyl halides is 3. The Morgan fingerprint density at radius 1 is 0.955 bits per heavy atom. The van der Waals surface area contributed by atoms with Crippen LogP contribution >= 0.6 is 0 Å². The van der Waals surface area contributed by atoms with Gasteiger partial charge in [-0.2, -0.15) is 13.2 Å². The quantitative estimate of drug-likeness (QED) is 0.195. The van der Waals surface area contributed by atoms with Gasteiger partial charge in [0.25, 0.3) is 0 Å². The van der Waals surface area contributed by atoms with Crippen LogP contribution in [0.1, 0.15) is 59.9 Å². The molecule has 226 valence electrons. The van der Waals surface area contributed by atoms with Crippen LogP contribution in [0.4, 0.5) is 13.2 Å². The fraction of sp³-hybridized carbons (Fsp3) is 0.294. The predicted molar refractivity (Wildman–Crippen MR) is 159 cm³/mol. The van der Waals surface area contributed by atoms with Gasteiger partial charge in [-0.25, -0.2) is 4.98 Å². The molecule has 0 spiro atoms. The summed E-state index contributed by atoms with van der Waals surface area (Å²) in [5.74, 6) is -0.189. The highest BCUT2D eigenvalue weighted by molar-refractivity contribution is 5.79. The van der Waals surface area contributed by atoms with Crippen molar-refractivity contribution in [3.05, 3.63) is 107 Å². The first-order chi connectivity index (χ1) is 21.2. The van der Waals surface area contributed by atoms with Crippen LogP contribution in [0.2, 0.25) is 0 Å². The molecule has 0 unspecified atom stereocenters. The van der Waals surface area contributed by atoms with Gasteiger partial charge in [-0.05, 0) is 60.7 Å². The van der Waals surface area contributed by atoms with Crippen LogP contribution < -0.4 is 4.74 Å². The van der Waals surface area contributed by atoms with E-state index < -0.39 is 23.6 Å². The monoisotopic (exact) mass is 600 g/mol. The molecular formula is C34H31F3N4O3. The molecule has 2 heterocycles. The van der Waals surface area contributed by atoms with Crippen molar-refractivity contribution in [1.82, 2.24) is 19.5 Å². The summed E-state index contributed by atoms with van der Waals surface area (Å²) < 4.78 is 47.1. The van der Waals surface area contributed by atoms with Gasteiger partial charge in [0.05, 0.1) is 40.1 Å². The van der Waals surface area contributed by atoms with Crippen LogP contribution in [0.3, 0.4) is 0 Å². The highest BCUT2D eigenvalue weighted by Crippen LogP contribution is 2.40. The van der Waals surface area contributed by atoms with Gasteiger partial charge in [-0.3, -0.25) is 14.8 Å². The van der Waals surface area contributed by atoms with E-state index in [0.29, 0.717) is 30.0 Å². The van der Waals surface area contributed by atoms with E-state index in [2.05, 4.69) is 14.5 Å². The Hall–Kier alpha value is -4.73. The van der Waals surface area contributed by atoms with Crippen molar-refractivity contribution in [3.8, 4) is 16.9 Å². The number of halogens is 3. The van der Waals surface area contributed by atoms with Gasteiger partial charge in [0, 0.05) is 24.7 Å². The first kappa shape index (κ1) is 29.3. The summed E-state index contributed by atoms with van der Waals surface area (Å²) in [7, 11) is 0. The normalized spacial score (nSPS) is 17.1. The Morgan fingerprint density at radius 3 is 2.32 bits per heavy atom. The Bertz CT molecular complexity index is 1770. The fourth-order valence-electron chi connectivity index (χ4n) is 5.88. The lowest BCUT2D eigenvalue weighted by molar-refractivity contribution is -0.143. The van der Waals surface area contributed by atoms with Crippen molar-refractivity contribution >= 4 is 17.0 Å². The van der Waals surface area contributed by atoms with Gasteiger partial charge >= 0.3 is 12.1 Å². The maximum absolute atomic E-state index is 13.0. The minimum atomic E-state index is -4.38. The molecule has 0 bridgehead atoms. The van der Waals surface area contributed by atoms with Crippen molar-refractivity contribution in [3.63, 3.8) is 0 Å². The largest absolute Gasteiger partial charge is 0.487 e. The summed E-state index contributed by atoms with van der Waals surface area (Å²) in [6.45, 7) is 2.55. The Morgan fingerprint density at radius 2 is 1.66 bits per heavy atom. The second kappa shape index (κ2) is 12.1. The summed E-state index contributed by atoms with van der Waals surface area (Å²) in [6, 6.07) is 18.4. The topological polar surface area (TPSA) is 90.1 Å². The molecule has 1 fully saturated rings. The number of hydrogen-bond donors (Lipinski definition) is 1. The van der Waals surface area contributed by atoms with E-state index >= 15 is 0 Å². The van der Waals surface area contributed by atoms with Crippen molar-refractivity contribution in [2.75, 3.05) is 0 Å². The van der Waals surface area contributed by atoms with E-state index in [1.165, 1.54) is 12.1 Å². The van der Waals surface area contributed by atoms with Gasteiger partial charge < -0.3 is 14.4 Å². The lowest BCUT2D eigenvalue weighted by Crippen LogP contribution is -2.27. The number of carbonyl (C=O) groups is 1. The molecule has 2 aromatic heterocycles. The summed E-state index contributed by atoms with van der Waals surface area (Å²) in [4.78, 5) is 25.8. The number of carboxylic acids is 1. The molecule has 0 amide bonds. The van der Waals surface area contributed by atoms with Crippen LogP contribution in [-0.4, -0.2) is 30.6 Å². The minimum absolute atomic E-state index is 0.229. The van der Waals surface area contributed by atoms with Gasteiger partial charge in [-0.15, -0.1) is 0 Å². The molecule has 1 saturated carbocycles. The number of benzene rings is 3. The molecule has 5 aromatic rings. The summed E-state index contributed by atoms with van der Waals surface area (Å²) >= 11 is 0. The van der Waals surface area contributed by atoms with E-state index in [1.807, 2.05) is 49.4 Å². The van der Waals surface area contributed by atoms with Gasteiger partial charge in [0.15, 0.2) is 0 Å². The van der Waals surface area contributed by atoms with Crippen molar-refractivity contribution < 1.29 is 27.8 Å². The summed E-state index contributed by atoms with van der Waals surface area (Å²) in [5.41, 5.74) is 4.84. The first-order valence-corrected chi connectivity index (χ1v) is 14.6. The molecule has 1 aliphatic carbocycles. The van der Waals surface area contributed by atoms with E-state index in [9.17, 15) is 23.1 Å². The lowest BCUT2D eigenvalue weighted by atomic mass is 9.78. The van der Waals surface area contributed by atoms with E-state index in [0.717, 1.165) is 65.1 Å². The highest BCUT2D eigenvalue weighted by Gasteiger charge is 2.35. The number of nitrogens with zero attached hydrogens (tertiary/aromatic N) is 4. The van der Waals surface area contributed by atoms with Crippen LogP contribution in [0, 0.1) is 12.8 Å². The highest BCUT2D eigenvalue weighted by atomic mass is 19.4. The molecule has 6 rings (SSSR count). The average molecular weight is 601 g/mol. The molecule has 7 nitrogen and oxygen atoms in total. The zero-order valence-corrected chi connectivity index (χ0v) is 24.1. The molecule has 0 radical (unpaired) electrons. The molecule has 10 heteroatoms. The standard InChI is InChI=1S/C34H31F3N4O3/c1-21-17-39-26(18-38-21)20-44-27-14-15-30-31(16-27)41(32(40-30)28-4-2-3-5-29(28)33(42)43)19-22-6-8-23(9-7-22)24-10-12-25(13-11-24)34(35,36)37/h6-18,28-29H,2-5,19-20H2,1H3,(H,42,43)/t28-,29+/m1/s1. The van der Waals surface area contributed by atoms with Crippen molar-refractivity contribution in [2.24, 2.45) is 5.92 Å². The van der Waals surface area contributed by atoms with Crippen LogP contribution in [0.15, 0.2) is 79.1 Å². The number of aryl methyl sites for hydroxylation is 1. The number of aliphatic carboxylic acids is 1. The number of aromatic nitrogens is 4. The zero-order valence-electron chi connectivity index (χ0n) is 24.1. The first-order valence-electron chi connectivity index (χ1n) is 14.6. The number of ether oxygens (including phenoxy) is 1. The zero-order chi connectivity index (χ0) is 30.8. The van der Waals surface area contributed by atoms with E-state index in [-0.39, 0.29) is 12.5 Å². The van der Waals surface area contributed by atoms with Crippen LogP contribution in [0.5, 0.6) is 5.75 Å². The van der Waals surface area contributed by atoms with Crippen LogP contribution in [-0.2, 0) is 24.1 Å². The number of rotatable bonds is 8. The molecule has 1 N–H and O–H groups in total. The molecule has 3 aromatic carbocycles. The second-order valence-corrected chi connectivity index (χ2v) is 11.3. The average Bonchev–Trinajstić information content (AvgIpc) is 3.38. The third-order valence-electron chi connectivity index (χ3n) is 8.23. The Balaban J connectivity index is 1.32. The fourth-order valence-corrected chi connectivity index (χ4v) is 5.88. The summed E-state index contributed by atoms with van der Waals surface area (Å²) in [5, 5.41) is 10.0. The molecule has 0 saturated heterocycles. The van der Waals surface area contributed by atoms with Gasteiger partial charge in [0.2, 0.25) is 0 Å². The number of fused-ring (bicyclic) bond motifs is 1. The predicted octanol–water partition coefficient (Wildman–Crippen LogP) is 7.81. The lowest BCUT2D eigenvalue weighted by Gasteiger charge is -2.28. The van der Waals surface area contributed by atoms with E-state index in [1.54, 1.807) is 12.4 Å². The van der Waals surface area contributed by atoms with E-state index in [4.69, 9.17) is 9.72 Å². The maximum Gasteiger partial charge on any atom is 0.416 e. The smallest absolute Gasteiger partial charge is 0.416 e. The SMILES string of the molecule is Cc1cnc(COc2ccc3nc([C@@H]4CCCC[C@@H]4C(=O)O)n(Cc4ccc(-c5ccc(C(F)(F)F)cc5)cc4)c3c2)cn1. The van der Waals surface area contributed by atoms with Crippen molar-refractivity contribution in [1.29, 1.82) is 0 Å². The molecule has 2 atom stereocenters. The van der Waals surface area contributed by atoms with Crippen LogP contribution in [0.25, 0.3) is 22.2 Å². The minimum Gasteiger partial charge on any atom is -0.487 e. The number of hydrogen-bond acceptors (Lipinski definition) is 5. The Kier molecular flexibility index (Phi) is 8.07. The molecule has 44 heavy (non-hydrogen) atoms. The molecule has 1 aliphatic rings. The van der Waals surface area contributed by atoms with Gasteiger partial charge in [-0.1, -0.05) is 49.2 Å². The van der Waals surface area contributed by atoms with Crippen molar-refractivity contribution in [2.45, 2.75) is 57.9 Å². The number of carboxylic acid groups (broad SMARTS) is 1. The third-order valence-corrected chi connectivity index (χ3v) is 8.23. The number of imidazole rings is 1. The molecular weight excluding hydrogens is 569 g/mol. The van der Waals surface area contributed by atoms with Gasteiger partial charge in [0.1, 0.15) is 18.2 Å².